The van der Waals surface area contributed by atoms with Crippen molar-refractivity contribution in [2.45, 2.75) is 19.4 Å². The minimum Gasteiger partial charge on any atom is -0.352 e. The molecule has 0 spiro atoms. The summed E-state index contributed by atoms with van der Waals surface area (Å²) in [7, 11) is 0. The molecule has 3 amide bonds. The van der Waals surface area contributed by atoms with Crippen LogP contribution in [0.15, 0.2) is 36.7 Å². The summed E-state index contributed by atoms with van der Waals surface area (Å²) in [4.78, 5) is 38.0. The molecule has 0 radical (unpaired) electrons. The van der Waals surface area contributed by atoms with Crippen LogP contribution in [0.25, 0.3) is 10.6 Å². The molecule has 1 fully saturated rings. The Balaban J connectivity index is 1.43. The van der Waals surface area contributed by atoms with Gasteiger partial charge in [-0.3, -0.25) is 10.1 Å². The van der Waals surface area contributed by atoms with Gasteiger partial charge in [-0.2, -0.15) is 0 Å². The summed E-state index contributed by atoms with van der Waals surface area (Å²) in [6.45, 7) is 3.80. The number of imide groups is 1. The highest BCUT2D eigenvalue weighted by atomic mass is 32.1. The fourth-order valence-corrected chi connectivity index (χ4v) is 3.91. The zero-order valence-electron chi connectivity index (χ0n) is 17.1. The van der Waals surface area contributed by atoms with Crippen molar-refractivity contribution >= 4 is 40.0 Å². The third-order valence-electron chi connectivity index (χ3n) is 4.89. The third kappa shape index (κ3) is 4.35. The molecule has 1 aliphatic heterocycles. The first-order valence-corrected chi connectivity index (χ1v) is 10.4. The standard InChI is InChI=1S/C20H19F2N7O2S/c1-20(2)16(30)28-19(31)29(20)8-7-23-17-24-9-13(22)15(27-17)14-10-25-18(32-14)26-12-5-3-11(21)4-6-12/h3-6,9-10H,7-8H2,1-2H3,(H,25,26)(H,23,24,27)(H,28,30,31). The quantitative estimate of drug-likeness (QED) is 0.465. The van der Waals surface area contributed by atoms with E-state index in [1.807, 2.05) is 0 Å². The van der Waals surface area contributed by atoms with Crippen LogP contribution in [0.4, 0.5) is 30.3 Å². The molecule has 1 aliphatic rings. The highest BCUT2D eigenvalue weighted by molar-refractivity contribution is 7.18. The lowest BCUT2D eigenvalue weighted by molar-refractivity contribution is -0.125. The SMILES string of the molecule is CC1(C)C(=O)NC(=O)N1CCNc1ncc(F)c(-c2cnc(Nc3ccc(F)cc3)s2)n1. The number of amides is 3. The van der Waals surface area contributed by atoms with Gasteiger partial charge in [0, 0.05) is 25.0 Å². The van der Waals surface area contributed by atoms with Gasteiger partial charge in [0.25, 0.3) is 5.91 Å². The zero-order chi connectivity index (χ0) is 22.9. The zero-order valence-corrected chi connectivity index (χ0v) is 18.0. The molecule has 166 valence electrons. The maximum Gasteiger partial charge on any atom is 0.325 e. The highest BCUT2D eigenvalue weighted by Gasteiger charge is 2.45. The van der Waals surface area contributed by atoms with Crippen LogP contribution in [0.3, 0.4) is 0 Å². The molecule has 12 heteroatoms. The Morgan fingerprint density at radius 3 is 2.56 bits per heavy atom. The molecule has 1 saturated heterocycles. The summed E-state index contributed by atoms with van der Waals surface area (Å²) in [6.07, 6.45) is 2.53. The number of halogens is 2. The van der Waals surface area contributed by atoms with E-state index >= 15 is 0 Å². The maximum atomic E-state index is 14.4. The van der Waals surface area contributed by atoms with Gasteiger partial charge in [0.05, 0.1) is 11.1 Å². The Labute approximate surface area is 185 Å². The lowest BCUT2D eigenvalue weighted by Crippen LogP contribution is -2.46. The minimum absolute atomic E-state index is 0.0709. The van der Waals surface area contributed by atoms with Gasteiger partial charge in [-0.1, -0.05) is 11.3 Å². The van der Waals surface area contributed by atoms with Crippen LogP contribution in [0.1, 0.15) is 13.8 Å². The highest BCUT2D eigenvalue weighted by Crippen LogP contribution is 2.31. The second-order valence-electron chi connectivity index (χ2n) is 7.45. The number of hydrogen-bond acceptors (Lipinski definition) is 8. The van der Waals surface area contributed by atoms with Gasteiger partial charge >= 0.3 is 6.03 Å². The molecule has 2 aromatic heterocycles. The molecule has 3 heterocycles. The number of hydrogen-bond donors (Lipinski definition) is 3. The Morgan fingerprint density at radius 1 is 1.12 bits per heavy atom. The third-order valence-corrected chi connectivity index (χ3v) is 5.81. The van der Waals surface area contributed by atoms with Crippen molar-refractivity contribution in [1.82, 2.24) is 25.2 Å². The van der Waals surface area contributed by atoms with Gasteiger partial charge in [0.1, 0.15) is 17.1 Å². The van der Waals surface area contributed by atoms with E-state index in [4.69, 9.17) is 0 Å². The van der Waals surface area contributed by atoms with Gasteiger partial charge in [0.15, 0.2) is 10.9 Å². The predicted molar refractivity (Wildman–Crippen MR) is 116 cm³/mol. The number of urea groups is 1. The first-order chi connectivity index (χ1) is 15.2. The lowest BCUT2D eigenvalue weighted by atomic mass is 10.0. The summed E-state index contributed by atoms with van der Waals surface area (Å²) in [5.74, 6) is -1.15. The molecule has 3 N–H and O–H groups in total. The fraction of sp³-hybridized carbons (Fsp3) is 0.250. The number of nitrogens with one attached hydrogen (secondary N) is 3. The number of benzene rings is 1. The molecule has 3 aromatic rings. The Kier molecular flexibility index (Phi) is 5.70. The van der Waals surface area contributed by atoms with Crippen molar-refractivity contribution < 1.29 is 18.4 Å². The van der Waals surface area contributed by atoms with Gasteiger partial charge in [0.2, 0.25) is 5.95 Å². The first-order valence-electron chi connectivity index (χ1n) is 9.62. The normalized spacial score (nSPS) is 15.1. The van der Waals surface area contributed by atoms with Crippen molar-refractivity contribution in [1.29, 1.82) is 0 Å². The number of carbonyl (C=O) groups excluding carboxylic acids is 2. The Bertz CT molecular complexity index is 1170. The van der Waals surface area contributed by atoms with E-state index in [-0.39, 0.29) is 36.5 Å². The van der Waals surface area contributed by atoms with E-state index in [2.05, 4.69) is 30.9 Å². The first kappa shape index (κ1) is 21.6. The lowest BCUT2D eigenvalue weighted by Gasteiger charge is -2.27. The molecule has 0 aliphatic carbocycles. The molecule has 0 atom stereocenters. The summed E-state index contributed by atoms with van der Waals surface area (Å²) in [5, 5.41) is 8.74. The van der Waals surface area contributed by atoms with Crippen molar-refractivity contribution in [3.8, 4) is 10.6 Å². The van der Waals surface area contributed by atoms with Crippen LogP contribution in [0.5, 0.6) is 0 Å². The van der Waals surface area contributed by atoms with Crippen molar-refractivity contribution in [2.24, 2.45) is 0 Å². The summed E-state index contributed by atoms with van der Waals surface area (Å²) in [5.41, 5.74) is -0.240. The van der Waals surface area contributed by atoms with E-state index in [9.17, 15) is 18.4 Å². The van der Waals surface area contributed by atoms with Crippen LogP contribution in [0.2, 0.25) is 0 Å². The van der Waals surface area contributed by atoms with E-state index in [0.29, 0.717) is 15.7 Å². The van der Waals surface area contributed by atoms with E-state index in [1.165, 1.54) is 34.6 Å². The van der Waals surface area contributed by atoms with Gasteiger partial charge in [-0.15, -0.1) is 0 Å². The van der Waals surface area contributed by atoms with E-state index in [0.717, 1.165) is 6.20 Å². The fourth-order valence-electron chi connectivity index (χ4n) is 3.08. The average Bonchev–Trinajstić information content (AvgIpc) is 3.28. The maximum absolute atomic E-state index is 14.4. The molecule has 0 unspecified atom stereocenters. The molecule has 4 rings (SSSR count). The predicted octanol–water partition coefficient (Wildman–Crippen LogP) is 3.36. The topological polar surface area (TPSA) is 112 Å². The summed E-state index contributed by atoms with van der Waals surface area (Å²) < 4.78 is 27.4. The molecule has 0 bridgehead atoms. The van der Waals surface area contributed by atoms with E-state index in [1.54, 1.807) is 26.0 Å². The summed E-state index contributed by atoms with van der Waals surface area (Å²) >= 11 is 1.18. The average molecular weight is 459 g/mol. The summed E-state index contributed by atoms with van der Waals surface area (Å²) in [6, 6.07) is 5.32. The van der Waals surface area contributed by atoms with Crippen LogP contribution in [0, 0.1) is 11.6 Å². The van der Waals surface area contributed by atoms with Crippen LogP contribution in [-0.2, 0) is 4.79 Å². The van der Waals surface area contributed by atoms with E-state index < -0.39 is 17.4 Å². The van der Waals surface area contributed by atoms with Crippen LogP contribution in [-0.4, -0.2) is 50.4 Å². The Morgan fingerprint density at radius 2 is 1.88 bits per heavy atom. The molecular formula is C20H19F2N7O2S. The van der Waals surface area contributed by atoms with Crippen LogP contribution >= 0.6 is 11.3 Å². The number of nitrogens with zero attached hydrogens (tertiary/aromatic N) is 4. The van der Waals surface area contributed by atoms with Crippen molar-refractivity contribution in [3.05, 3.63) is 48.3 Å². The van der Waals surface area contributed by atoms with Gasteiger partial charge in [-0.25, -0.2) is 28.5 Å². The number of carbonyl (C=O) groups is 2. The molecule has 32 heavy (non-hydrogen) atoms. The van der Waals surface area contributed by atoms with Gasteiger partial charge < -0.3 is 15.5 Å². The van der Waals surface area contributed by atoms with Crippen LogP contribution < -0.4 is 16.0 Å². The molecular weight excluding hydrogens is 440 g/mol. The molecule has 0 saturated carbocycles. The largest absolute Gasteiger partial charge is 0.352 e. The van der Waals surface area contributed by atoms with Crippen molar-refractivity contribution in [3.63, 3.8) is 0 Å². The smallest absolute Gasteiger partial charge is 0.325 e. The number of anilines is 3. The Hall–Kier alpha value is -3.67. The second kappa shape index (κ2) is 8.46. The second-order valence-corrected chi connectivity index (χ2v) is 8.48. The number of aromatic nitrogens is 3. The molecule has 9 nitrogen and oxygen atoms in total. The number of rotatable bonds is 7. The van der Waals surface area contributed by atoms with Crippen molar-refractivity contribution in [2.75, 3.05) is 23.7 Å². The van der Waals surface area contributed by atoms with Gasteiger partial charge in [-0.05, 0) is 38.1 Å². The molecule has 1 aromatic carbocycles. The minimum atomic E-state index is -0.954. The monoisotopic (exact) mass is 459 g/mol. The number of thiazole rings is 1.